The highest BCUT2D eigenvalue weighted by Gasteiger charge is 2.18. The molecule has 0 aliphatic heterocycles. The van der Waals surface area contributed by atoms with E-state index in [1.165, 1.54) is 18.1 Å². The zero-order chi connectivity index (χ0) is 11.4. The average Bonchev–Trinajstić information content (AvgIpc) is 2.59. The Bertz CT molecular complexity index is 372. The van der Waals surface area contributed by atoms with Crippen LogP contribution in [0, 0.1) is 6.92 Å². The largest absolute Gasteiger partial charge is 0.481 e. The molecule has 1 amide bonds. The number of hydrogen-bond acceptors (Lipinski definition) is 4. The van der Waals surface area contributed by atoms with Crippen LogP contribution in [-0.4, -0.2) is 40.6 Å². The van der Waals surface area contributed by atoms with E-state index in [0.29, 0.717) is 5.56 Å². The molecule has 15 heavy (non-hydrogen) atoms. The maximum Gasteiger partial charge on any atom is 0.305 e. The van der Waals surface area contributed by atoms with Gasteiger partial charge < -0.3 is 14.5 Å². The summed E-state index contributed by atoms with van der Waals surface area (Å²) in [6.45, 7) is 1.85. The van der Waals surface area contributed by atoms with Gasteiger partial charge in [-0.25, -0.2) is 0 Å². The molecule has 6 heteroatoms. The minimum Gasteiger partial charge on any atom is -0.481 e. The lowest BCUT2D eigenvalue weighted by Gasteiger charge is -2.13. The number of amides is 1. The molecule has 0 saturated heterocycles. The number of carbonyl (C=O) groups is 2. The normalized spacial score (nSPS) is 10.0. The number of aryl methyl sites for hydroxylation is 1. The number of carboxylic acid groups (broad SMARTS) is 1. The monoisotopic (exact) mass is 212 g/mol. The molecule has 0 unspecified atom stereocenters. The third-order valence-electron chi connectivity index (χ3n) is 1.95. The molecule has 0 aliphatic rings. The van der Waals surface area contributed by atoms with Crippen LogP contribution in [0.3, 0.4) is 0 Å². The van der Waals surface area contributed by atoms with Gasteiger partial charge in [0.1, 0.15) is 0 Å². The number of aromatic nitrogens is 1. The molecule has 0 fully saturated rings. The Labute approximate surface area is 86.5 Å². The summed E-state index contributed by atoms with van der Waals surface area (Å²) in [4.78, 5) is 23.2. The lowest BCUT2D eigenvalue weighted by atomic mass is 10.2. The molecule has 6 nitrogen and oxygen atoms in total. The predicted octanol–water partition coefficient (Wildman–Crippen LogP) is 0.530. The van der Waals surface area contributed by atoms with Crippen LogP contribution < -0.4 is 0 Å². The molecule has 1 rings (SSSR count). The van der Waals surface area contributed by atoms with E-state index in [-0.39, 0.29) is 24.6 Å². The van der Waals surface area contributed by atoms with Gasteiger partial charge in [0.15, 0.2) is 0 Å². The summed E-state index contributed by atoms with van der Waals surface area (Å²) in [5.41, 5.74) is 0.641. The molecule has 0 bridgehead atoms. The maximum absolute atomic E-state index is 11.6. The van der Waals surface area contributed by atoms with Crippen molar-refractivity contribution < 1.29 is 19.2 Å². The van der Waals surface area contributed by atoms with Gasteiger partial charge in [0.2, 0.25) is 5.76 Å². The van der Waals surface area contributed by atoms with Crippen molar-refractivity contribution >= 4 is 11.9 Å². The summed E-state index contributed by atoms with van der Waals surface area (Å²) in [6.07, 6.45) is 1.35. The molecule has 0 aromatic carbocycles. The van der Waals surface area contributed by atoms with Crippen molar-refractivity contribution in [3.63, 3.8) is 0 Å². The summed E-state index contributed by atoms with van der Waals surface area (Å²) in [5, 5.41) is 11.9. The quantitative estimate of drug-likeness (QED) is 0.787. The Hall–Kier alpha value is -1.85. The Morgan fingerprint density at radius 2 is 2.27 bits per heavy atom. The third kappa shape index (κ3) is 2.80. The van der Waals surface area contributed by atoms with Gasteiger partial charge in [-0.1, -0.05) is 5.16 Å². The SMILES string of the molecule is Cc1cnoc1C(=O)N(C)CCC(=O)O. The van der Waals surface area contributed by atoms with E-state index < -0.39 is 5.97 Å². The highest BCUT2D eigenvalue weighted by molar-refractivity contribution is 5.92. The summed E-state index contributed by atoms with van der Waals surface area (Å²) in [6, 6.07) is 0. The van der Waals surface area contributed by atoms with Gasteiger partial charge in [-0.05, 0) is 6.92 Å². The van der Waals surface area contributed by atoms with Gasteiger partial charge >= 0.3 is 5.97 Å². The first kappa shape index (κ1) is 11.2. The molecule has 1 N–H and O–H groups in total. The number of carbonyl (C=O) groups excluding carboxylic acids is 1. The molecule has 1 heterocycles. The van der Waals surface area contributed by atoms with E-state index in [9.17, 15) is 9.59 Å². The van der Waals surface area contributed by atoms with E-state index in [4.69, 9.17) is 9.63 Å². The molecule has 0 saturated carbocycles. The highest BCUT2D eigenvalue weighted by atomic mass is 16.5. The van der Waals surface area contributed by atoms with Gasteiger partial charge in [0, 0.05) is 19.2 Å². The Kier molecular flexibility index (Phi) is 3.43. The smallest absolute Gasteiger partial charge is 0.305 e. The summed E-state index contributed by atoms with van der Waals surface area (Å²) >= 11 is 0. The van der Waals surface area contributed by atoms with Crippen molar-refractivity contribution in [2.45, 2.75) is 13.3 Å². The molecule has 1 aromatic heterocycles. The second kappa shape index (κ2) is 4.59. The molecule has 0 aliphatic carbocycles. The Balaban J connectivity index is 2.61. The number of aliphatic carboxylic acids is 1. The van der Waals surface area contributed by atoms with E-state index in [2.05, 4.69) is 5.16 Å². The van der Waals surface area contributed by atoms with Crippen LogP contribution in [0.1, 0.15) is 22.5 Å². The Morgan fingerprint density at radius 1 is 1.60 bits per heavy atom. The number of hydrogen-bond donors (Lipinski definition) is 1. The van der Waals surface area contributed by atoms with E-state index in [1.54, 1.807) is 6.92 Å². The molecule has 1 aromatic rings. The minimum atomic E-state index is -0.941. The van der Waals surface area contributed by atoms with Crippen molar-refractivity contribution in [2.24, 2.45) is 0 Å². The molecular weight excluding hydrogens is 200 g/mol. The first-order chi connectivity index (χ1) is 7.02. The van der Waals surface area contributed by atoms with Gasteiger partial charge in [-0.15, -0.1) is 0 Å². The standard InChI is InChI=1S/C9H12N2O4/c1-6-5-10-15-8(6)9(14)11(2)4-3-7(12)13/h5H,3-4H2,1-2H3,(H,12,13). The van der Waals surface area contributed by atoms with Gasteiger partial charge in [0.25, 0.3) is 5.91 Å². The van der Waals surface area contributed by atoms with Crippen molar-refractivity contribution in [2.75, 3.05) is 13.6 Å². The number of rotatable bonds is 4. The van der Waals surface area contributed by atoms with Crippen LogP contribution >= 0.6 is 0 Å². The van der Waals surface area contributed by atoms with Crippen LogP contribution in [-0.2, 0) is 4.79 Å². The average molecular weight is 212 g/mol. The summed E-state index contributed by atoms with van der Waals surface area (Å²) in [5.74, 6) is -1.14. The fourth-order valence-corrected chi connectivity index (χ4v) is 1.03. The predicted molar refractivity (Wildman–Crippen MR) is 50.5 cm³/mol. The summed E-state index contributed by atoms with van der Waals surface area (Å²) in [7, 11) is 1.52. The van der Waals surface area contributed by atoms with E-state index in [1.807, 2.05) is 0 Å². The van der Waals surface area contributed by atoms with Gasteiger partial charge in [-0.2, -0.15) is 0 Å². The van der Waals surface area contributed by atoms with Gasteiger partial charge in [-0.3, -0.25) is 9.59 Å². The second-order valence-electron chi connectivity index (χ2n) is 3.21. The molecular formula is C9H12N2O4. The zero-order valence-electron chi connectivity index (χ0n) is 8.56. The lowest BCUT2D eigenvalue weighted by Crippen LogP contribution is -2.29. The van der Waals surface area contributed by atoms with Crippen LogP contribution in [0.4, 0.5) is 0 Å². The zero-order valence-corrected chi connectivity index (χ0v) is 8.56. The minimum absolute atomic E-state index is 0.0879. The molecule has 0 spiro atoms. The fourth-order valence-electron chi connectivity index (χ4n) is 1.03. The van der Waals surface area contributed by atoms with Crippen LogP contribution in [0.25, 0.3) is 0 Å². The van der Waals surface area contributed by atoms with Crippen LogP contribution in [0.5, 0.6) is 0 Å². The molecule has 82 valence electrons. The third-order valence-corrected chi connectivity index (χ3v) is 1.95. The molecule has 0 atom stereocenters. The topological polar surface area (TPSA) is 83.6 Å². The number of nitrogens with zero attached hydrogens (tertiary/aromatic N) is 2. The first-order valence-corrected chi connectivity index (χ1v) is 4.41. The highest BCUT2D eigenvalue weighted by Crippen LogP contribution is 2.08. The van der Waals surface area contributed by atoms with Crippen molar-refractivity contribution in [1.82, 2.24) is 10.1 Å². The Morgan fingerprint density at radius 3 is 2.73 bits per heavy atom. The number of carboxylic acids is 1. The van der Waals surface area contributed by atoms with E-state index >= 15 is 0 Å². The van der Waals surface area contributed by atoms with Crippen LogP contribution in [0.15, 0.2) is 10.7 Å². The van der Waals surface area contributed by atoms with E-state index in [0.717, 1.165) is 0 Å². The lowest BCUT2D eigenvalue weighted by molar-refractivity contribution is -0.137. The summed E-state index contributed by atoms with van der Waals surface area (Å²) < 4.78 is 4.77. The molecule has 0 radical (unpaired) electrons. The second-order valence-corrected chi connectivity index (χ2v) is 3.21. The maximum atomic E-state index is 11.6. The van der Waals surface area contributed by atoms with Crippen LogP contribution in [0.2, 0.25) is 0 Å². The fraction of sp³-hybridized carbons (Fsp3) is 0.444. The van der Waals surface area contributed by atoms with Crippen molar-refractivity contribution in [1.29, 1.82) is 0 Å². The van der Waals surface area contributed by atoms with Crippen molar-refractivity contribution in [3.8, 4) is 0 Å². The van der Waals surface area contributed by atoms with Crippen molar-refractivity contribution in [3.05, 3.63) is 17.5 Å². The van der Waals surface area contributed by atoms with Gasteiger partial charge in [0.05, 0.1) is 12.6 Å². The first-order valence-electron chi connectivity index (χ1n) is 4.41.